The molecule has 0 fully saturated rings. The van der Waals surface area contributed by atoms with E-state index in [4.69, 9.17) is 4.74 Å². The Kier molecular flexibility index (Phi) is 7.14. The Bertz CT molecular complexity index is 1180. The minimum absolute atomic E-state index is 0.0535. The lowest BCUT2D eigenvalue weighted by atomic mass is 10.3. The maximum absolute atomic E-state index is 13.6. The van der Waals surface area contributed by atoms with Gasteiger partial charge in [0.1, 0.15) is 22.3 Å². The first-order chi connectivity index (χ1) is 15.2. The molecule has 0 atom stereocenters. The van der Waals surface area contributed by atoms with E-state index in [1.165, 1.54) is 13.2 Å². The molecule has 8 nitrogen and oxygen atoms in total. The van der Waals surface area contributed by atoms with Crippen LogP contribution < -0.4 is 19.7 Å². The second-order valence-corrected chi connectivity index (χ2v) is 8.62. The molecule has 1 heterocycles. The number of hydrogen-bond donors (Lipinski definition) is 2. The molecule has 0 aliphatic carbocycles. The molecule has 170 valence electrons. The molecule has 3 aromatic rings. The summed E-state index contributed by atoms with van der Waals surface area (Å²) in [5.74, 6) is 0.661. The van der Waals surface area contributed by atoms with Crippen molar-refractivity contribution in [3.05, 3.63) is 60.0 Å². The van der Waals surface area contributed by atoms with E-state index >= 15 is 0 Å². The van der Waals surface area contributed by atoms with Crippen LogP contribution in [0, 0.1) is 12.7 Å². The van der Waals surface area contributed by atoms with Crippen LogP contribution in [0.4, 0.5) is 27.5 Å². The number of anilines is 4. The van der Waals surface area contributed by atoms with Crippen LogP contribution in [0.2, 0.25) is 0 Å². The number of nitrogens with zero attached hydrogens (tertiary/aromatic N) is 3. The summed E-state index contributed by atoms with van der Waals surface area (Å²) in [5, 5.41) is 3.14. The molecule has 3 rings (SSSR count). The third-order valence-electron chi connectivity index (χ3n) is 4.74. The molecule has 32 heavy (non-hydrogen) atoms. The number of aryl methyl sites for hydroxylation is 1. The van der Waals surface area contributed by atoms with Crippen molar-refractivity contribution < 1.29 is 17.5 Å². The summed E-state index contributed by atoms with van der Waals surface area (Å²) in [7, 11) is -2.72. The summed E-state index contributed by atoms with van der Waals surface area (Å²) in [6.07, 6.45) is 0. The van der Waals surface area contributed by atoms with Crippen LogP contribution in [-0.4, -0.2) is 38.6 Å². The Hall–Kier alpha value is -3.40. The maximum Gasteiger partial charge on any atom is 0.265 e. The number of ether oxygens (including phenoxy) is 1. The SMILES string of the molecule is CCN(CC)c1cc(C)nc(Nc2ccc(NS(=O)(=O)c3cc(F)ccc3OC)cc2)n1. The van der Waals surface area contributed by atoms with Crippen molar-refractivity contribution >= 4 is 33.2 Å². The lowest BCUT2D eigenvalue weighted by Gasteiger charge is -2.20. The van der Waals surface area contributed by atoms with Crippen molar-refractivity contribution in [2.75, 3.05) is 35.1 Å². The summed E-state index contributed by atoms with van der Waals surface area (Å²) in [4.78, 5) is 10.8. The summed E-state index contributed by atoms with van der Waals surface area (Å²) >= 11 is 0. The van der Waals surface area contributed by atoms with Gasteiger partial charge in [-0.2, -0.15) is 4.98 Å². The van der Waals surface area contributed by atoms with E-state index in [-0.39, 0.29) is 10.6 Å². The zero-order chi connectivity index (χ0) is 23.3. The molecule has 0 saturated carbocycles. The Morgan fingerprint density at radius 3 is 2.28 bits per heavy atom. The zero-order valence-electron chi connectivity index (χ0n) is 18.4. The molecular weight excluding hydrogens is 433 g/mol. The van der Waals surface area contributed by atoms with E-state index in [2.05, 4.69) is 38.8 Å². The molecule has 0 bridgehead atoms. The standard InChI is InChI=1S/C22H26FN5O3S/c1-5-28(6-2)21-13-15(3)24-22(26-21)25-17-8-10-18(11-9-17)27-32(29,30)20-14-16(23)7-12-19(20)31-4/h7-14,27H,5-6H2,1-4H3,(H,24,25,26). The normalized spacial score (nSPS) is 11.2. The Labute approximate surface area is 187 Å². The van der Waals surface area contributed by atoms with E-state index in [1.807, 2.05) is 13.0 Å². The predicted octanol–water partition coefficient (Wildman–Crippen LogP) is 4.32. The van der Waals surface area contributed by atoms with Gasteiger partial charge in [-0.05, 0) is 63.2 Å². The smallest absolute Gasteiger partial charge is 0.265 e. The highest BCUT2D eigenvalue weighted by Crippen LogP contribution is 2.27. The fourth-order valence-electron chi connectivity index (χ4n) is 3.14. The largest absolute Gasteiger partial charge is 0.495 e. The second-order valence-electron chi connectivity index (χ2n) is 6.97. The monoisotopic (exact) mass is 459 g/mol. The molecule has 0 amide bonds. The van der Waals surface area contributed by atoms with Gasteiger partial charge in [0.25, 0.3) is 10.0 Å². The number of sulfonamides is 1. The predicted molar refractivity (Wildman–Crippen MR) is 124 cm³/mol. The number of benzene rings is 2. The van der Waals surface area contributed by atoms with Crippen molar-refractivity contribution in [1.82, 2.24) is 9.97 Å². The van der Waals surface area contributed by atoms with Gasteiger partial charge in [0, 0.05) is 36.2 Å². The minimum Gasteiger partial charge on any atom is -0.495 e. The molecule has 0 aliphatic rings. The summed E-state index contributed by atoms with van der Waals surface area (Å²) in [6, 6.07) is 11.8. The van der Waals surface area contributed by atoms with Crippen LogP contribution in [-0.2, 0) is 10.0 Å². The van der Waals surface area contributed by atoms with Gasteiger partial charge in [-0.3, -0.25) is 4.72 Å². The fraction of sp³-hybridized carbons (Fsp3) is 0.273. The molecular formula is C22H26FN5O3S. The Balaban J connectivity index is 1.78. The van der Waals surface area contributed by atoms with Crippen LogP contribution in [0.25, 0.3) is 0 Å². The first-order valence-electron chi connectivity index (χ1n) is 10.1. The summed E-state index contributed by atoms with van der Waals surface area (Å²) in [6.45, 7) is 7.69. The number of halogens is 1. The van der Waals surface area contributed by atoms with Gasteiger partial charge in [0.2, 0.25) is 5.95 Å². The zero-order valence-corrected chi connectivity index (χ0v) is 19.2. The van der Waals surface area contributed by atoms with Crippen LogP contribution >= 0.6 is 0 Å². The molecule has 2 aromatic carbocycles. The molecule has 1 aromatic heterocycles. The lowest BCUT2D eigenvalue weighted by Crippen LogP contribution is -2.23. The van der Waals surface area contributed by atoms with Crippen molar-refractivity contribution in [2.45, 2.75) is 25.7 Å². The third-order valence-corrected chi connectivity index (χ3v) is 6.14. The highest BCUT2D eigenvalue weighted by molar-refractivity contribution is 7.92. The van der Waals surface area contributed by atoms with Gasteiger partial charge in [0.15, 0.2) is 0 Å². The molecule has 2 N–H and O–H groups in total. The first-order valence-corrected chi connectivity index (χ1v) is 11.6. The quantitative estimate of drug-likeness (QED) is 0.492. The van der Waals surface area contributed by atoms with Gasteiger partial charge in [-0.15, -0.1) is 0 Å². The molecule has 0 saturated heterocycles. The number of aromatic nitrogens is 2. The maximum atomic E-state index is 13.6. The molecule has 0 radical (unpaired) electrons. The van der Waals surface area contributed by atoms with E-state index < -0.39 is 15.8 Å². The average Bonchev–Trinajstić information content (AvgIpc) is 2.75. The third kappa shape index (κ3) is 5.44. The number of hydrogen-bond acceptors (Lipinski definition) is 7. The summed E-state index contributed by atoms with van der Waals surface area (Å²) in [5.41, 5.74) is 1.83. The number of nitrogens with one attached hydrogen (secondary N) is 2. The van der Waals surface area contributed by atoms with Gasteiger partial charge < -0.3 is 15.0 Å². The highest BCUT2D eigenvalue weighted by atomic mass is 32.2. The van der Waals surface area contributed by atoms with Crippen molar-refractivity contribution in [1.29, 1.82) is 0 Å². The van der Waals surface area contributed by atoms with Crippen LogP contribution in [0.3, 0.4) is 0 Å². The molecule has 0 unspecified atom stereocenters. The second kappa shape index (κ2) is 9.82. The Morgan fingerprint density at radius 1 is 1.00 bits per heavy atom. The number of rotatable bonds is 9. The van der Waals surface area contributed by atoms with Gasteiger partial charge in [-0.1, -0.05) is 0 Å². The van der Waals surface area contributed by atoms with Gasteiger partial charge in [-0.25, -0.2) is 17.8 Å². The highest BCUT2D eigenvalue weighted by Gasteiger charge is 2.20. The van der Waals surface area contributed by atoms with Crippen molar-refractivity contribution in [3.63, 3.8) is 0 Å². The van der Waals surface area contributed by atoms with E-state index in [0.29, 0.717) is 17.3 Å². The summed E-state index contributed by atoms with van der Waals surface area (Å²) < 4.78 is 46.5. The van der Waals surface area contributed by atoms with E-state index in [0.717, 1.165) is 36.7 Å². The first kappa shape index (κ1) is 23.3. The number of methoxy groups -OCH3 is 1. The van der Waals surface area contributed by atoms with Crippen LogP contribution in [0.1, 0.15) is 19.5 Å². The van der Waals surface area contributed by atoms with Gasteiger partial charge >= 0.3 is 0 Å². The lowest BCUT2D eigenvalue weighted by molar-refractivity contribution is 0.401. The van der Waals surface area contributed by atoms with E-state index in [9.17, 15) is 12.8 Å². The molecule has 0 spiro atoms. The molecule has 10 heteroatoms. The Morgan fingerprint density at radius 2 is 1.66 bits per heavy atom. The van der Waals surface area contributed by atoms with E-state index in [1.54, 1.807) is 24.3 Å². The topological polar surface area (TPSA) is 96.5 Å². The van der Waals surface area contributed by atoms with Crippen LogP contribution in [0.5, 0.6) is 5.75 Å². The minimum atomic E-state index is -4.04. The molecule has 0 aliphatic heterocycles. The van der Waals surface area contributed by atoms with Crippen molar-refractivity contribution in [3.8, 4) is 5.75 Å². The fourth-order valence-corrected chi connectivity index (χ4v) is 4.38. The average molecular weight is 460 g/mol. The van der Waals surface area contributed by atoms with Gasteiger partial charge in [0.05, 0.1) is 7.11 Å². The van der Waals surface area contributed by atoms with Crippen LogP contribution in [0.15, 0.2) is 53.4 Å². The van der Waals surface area contributed by atoms with Crippen molar-refractivity contribution in [2.24, 2.45) is 0 Å².